The third kappa shape index (κ3) is 8.18. The first-order valence-corrected chi connectivity index (χ1v) is 11.9. The van der Waals surface area contributed by atoms with Crippen LogP contribution in [-0.2, 0) is 22.4 Å². The number of allylic oxidation sites excluding steroid dienone is 2. The van der Waals surface area contributed by atoms with E-state index >= 15 is 0 Å². The van der Waals surface area contributed by atoms with Gasteiger partial charge in [0.05, 0.1) is 12.9 Å². The second kappa shape index (κ2) is 13.8. The molecule has 1 aliphatic rings. The number of ketones is 2. The molecular weight excluding hydrogens is 436 g/mol. The average molecular weight is 475 g/mol. The van der Waals surface area contributed by atoms with Crippen LogP contribution in [0.5, 0.6) is 11.5 Å². The summed E-state index contributed by atoms with van der Waals surface area (Å²) in [6.07, 6.45) is 6.09. The van der Waals surface area contributed by atoms with Crippen LogP contribution in [-0.4, -0.2) is 53.3 Å². The first-order chi connectivity index (χ1) is 16.3. The Morgan fingerprint density at radius 2 is 1.94 bits per heavy atom. The summed E-state index contributed by atoms with van der Waals surface area (Å²) >= 11 is 0. The number of dihydropyridines is 1. The lowest BCUT2D eigenvalue weighted by molar-refractivity contribution is -0.138. The molecule has 0 aromatic heterocycles. The summed E-state index contributed by atoms with van der Waals surface area (Å²) in [6, 6.07) is 3.46. The van der Waals surface area contributed by atoms with Crippen molar-refractivity contribution in [2.75, 3.05) is 20.3 Å². The number of aliphatic hydroxyl groups is 2. The summed E-state index contributed by atoms with van der Waals surface area (Å²) in [6.45, 7) is 2.73. The van der Waals surface area contributed by atoms with E-state index in [0.29, 0.717) is 49.4 Å². The highest BCUT2D eigenvalue weighted by molar-refractivity contribution is 6.05. The standard InChI is InChI=1S/C26H38N2O6/c1-3-5-17(16-29)6-4-7-21(30)26(33)22(31)9-8-18-12-20(25(32)23(14-18)34-2)13-19-10-11-28-24(27)15-19/h10,12,14-15,17,26,28-29,32-33H,3-9,11,13,16,27H2,1-2H3. The fraction of sp³-hybridized carbons (Fsp3) is 0.538. The van der Waals surface area contributed by atoms with Gasteiger partial charge in [0.2, 0.25) is 0 Å². The van der Waals surface area contributed by atoms with Crippen molar-refractivity contribution in [2.24, 2.45) is 11.7 Å². The number of phenols is 1. The van der Waals surface area contributed by atoms with Gasteiger partial charge in [-0.3, -0.25) is 9.59 Å². The van der Waals surface area contributed by atoms with Gasteiger partial charge in [-0.1, -0.05) is 25.5 Å². The highest BCUT2D eigenvalue weighted by Crippen LogP contribution is 2.34. The number of hydrogen-bond donors (Lipinski definition) is 5. The summed E-state index contributed by atoms with van der Waals surface area (Å²) < 4.78 is 5.29. The highest BCUT2D eigenvalue weighted by atomic mass is 16.5. The summed E-state index contributed by atoms with van der Waals surface area (Å²) in [7, 11) is 1.46. The van der Waals surface area contributed by atoms with Crippen LogP contribution < -0.4 is 15.8 Å². The number of nitrogens with one attached hydrogen (secondary N) is 1. The second-order valence-corrected chi connectivity index (χ2v) is 8.81. The maximum atomic E-state index is 12.4. The van der Waals surface area contributed by atoms with Gasteiger partial charge in [0.1, 0.15) is 0 Å². The van der Waals surface area contributed by atoms with E-state index in [0.717, 1.165) is 24.0 Å². The Morgan fingerprint density at radius 1 is 1.21 bits per heavy atom. The van der Waals surface area contributed by atoms with Gasteiger partial charge >= 0.3 is 0 Å². The number of nitrogens with two attached hydrogens (primary N) is 1. The number of carbonyl (C=O) groups excluding carboxylic acids is 2. The molecule has 8 heteroatoms. The molecule has 2 unspecified atom stereocenters. The molecule has 1 aliphatic heterocycles. The molecule has 0 saturated heterocycles. The minimum absolute atomic E-state index is 0.00512. The van der Waals surface area contributed by atoms with Gasteiger partial charge in [-0.2, -0.15) is 0 Å². The summed E-state index contributed by atoms with van der Waals surface area (Å²) in [4.78, 5) is 24.7. The Bertz CT molecular complexity index is 909. The van der Waals surface area contributed by atoms with Crippen LogP contribution >= 0.6 is 0 Å². The van der Waals surface area contributed by atoms with Gasteiger partial charge < -0.3 is 31.1 Å². The first-order valence-electron chi connectivity index (χ1n) is 11.9. The lowest BCUT2D eigenvalue weighted by atomic mass is 9.94. The molecule has 0 aliphatic carbocycles. The van der Waals surface area contributed by atoms with Gasteiger partial charge in [-0.25, -0.2) is 0 Å². The molecule has 0 fully saturated rings. The molecule has 0 bridgehead atoms. The lowest BCUT2D eigenvalue weighted by Crippen LogP contribution is -2.30. The minimum atomic E-state index is -1.63. The topological polar surface area (TPSA) is 142 Å². The van der Waals surface area contributed by atoms with Crippen LogP contribution in [0.15, 0.2) is 35.7 Å². The van der Waals surface area contributed by atoms with Crippen molar-refractivity contribution in [3.63, 3.8) is 0 Å². The predicted molar refractivity (Wildman–Crippen MR) is 130 cm³/mol. The summed E-state index contributed by atoms with van der Waals surface area (Å²) in [5, 5.41) is 33.1. The van der Waals surface area contributed by atoms with E-state index in [4.69, 9.17) is 10.5 Å². The molecule has 2 rings (SSSR count). The third-order valence-corrected chi connectivity index (χ3v) is 6.10. The number of hydrogen-bond acceptors (Lipinski definition) is 8. The highest BCUT2D eigenvalue weighted by Gasteiger charge is 2.23. The smallest absolute Gasteiger partial charge is 0.170 e. The zero-order chi connectivity index (χ0) is 25.1. The van der Waals surface area contributed by atoms with E-state index in [1.54, 1.807) is 18.2 Å². The van der Waals surface area contributed by atoms with Crippen molar-refractivity contribution in [3.05, 3.63) is 46.8 Å². The monoisotopic (exact) mass is 474 g/mol. The molecule has 0 amide bonds. The van der Waals surface area contributed by atoms with Gasteiger partial charge in [0, 0.05) is 38.0 Å². The number of aliphatic hydroxyl groups excluding tert-OH is 2. The number of Topliss-reactive ketones (excluding diaryl/α,β-unsaturated/α-hetero) is 2. The van der Waals surface area contributed by atoms with Crippen molar-refractivity contribution in [2.45, 2.75) is 64.4 Å². The van der Waals surface area contributed by atoms with E-state index in [1.807, 2.05) is 13.0 Å². The number of aryl methyl sites for hydroxylation is 1. The molecule has 1 aromatic rings. The van der Waals surface area contributed by atoms with Crippen LogP contribution in [0.25, 0.3) is 0 Å². The predicted octanol–water partition coefficient (Wildman–Crippen LogP) is 2.28. The number of benzene rings is 1. The quantitative estimate of drug-likeness (QED) is 0.244. The molecule has 0 saturated carbocycles. The van der Waals surface area contributed by atoms with Crippen LogP contribution in [0.4, 0.5) is 0 Å². The lowest BCUT2D eigenvalue weighted by Gasteiger charge is -2.16. The largest absolute Gasteiger partial charge is 0.504 e. The van der Waals surface area contributed by atoms with Crippen LogP contribution in [0.1, 0.15) is 56.6 Å². The fourth-order valence-corrected chi connectivity index (χ4v) is 4.14. The zero-order valence-corrected chi connectivity index (χ0v) is 20.2. The second-order valence-electron chi connectivity index (χ2n) is 8.81. The average Bonchev–Trinajstić information content (AvgIpc) is 2.82. The number of methoxy groups -OCH3 is 1. The van der Waals surface area contributed by atoms with Crippen molar-refractivity contribution in [1.29, 1.82) is 0 Å². The van der Waals surface area contributed by atoms with Crippen molar-refractivity contribution >= 4 is 11.6 Å². The van der Waals surface area contributed by atoms with Gasteiger partial charge in [-0.05, 0) is 54.9 Å². The van der Waals surface area contributed by atoms with Crippen LogP contribution in [0, 0.1) is 5.92 Å². The van der Waals surface area contributed by atoms with E-state index in [2.05, 4.69) is 5.32 Å². The van der Waals surface area contributed by atoms with E-state index < -0.39 is 17.7 Å². The van der Waals surface area contributed by atoms with Crippen molar-refractivity contribution in [3.8, 4) is 11.5 Å². The van der Waals surface area contributed by atoms with Gasteiger partial charge in [-0.15, -0.1) is 0 Å². The Hall–Kier alpha value is -2.84. The SMILES string of the molecule is CCCC(CO)CCCC(=O)C(O)C(=O)CCc1cc(CC2=CCNC(N)=C2)c(O)c(OC)c1. The normalized spacial score (nSPS) is 15.1. The van der Waals surface area contributed by atoms with E-state index in [1.165, 1.54) is 7.11 Å². The zero-order valence-electron chi connectivity index (χ0n) is 20.2. The first kappa shape index (κ1) is 27.4. The minimum Gasteiger partial charge on any atom is -0.504 e. The Morgan fingerprint density at radius 3 is 2.59 bits per heavy atom. The van der Waals surface area contributed by atoms with Crippen molar-refractivity contribution < 1.29 is 29.6 Å². The number of carbonyl (C=O) groups is 2. The molecule has 0 radical (unpaired) electrons. The fourth-order valence-electron chi connectivity index (χ4n) is 4.14. The molecule has 188 valence electrons. The van der Waals surface area contributed by atoms with Crippen LogP contribution in [0.3, 0.4) is 0 Å². The van der Waals surface area contributed by atoms with Crippen molar-refractivity contribution in [1.82, 2.24) is 5.32 Å². The maximum absolute atomic E-state index is 12.4. The Balaban J connectivity index is 1.96. The molecule has 6 N–H and O–H groups in total. The number of rotatable bonds is 15. The molecule has 1 heterocycles. The van der Waals surface area contributed by atoms with Crippen LogP contribution in [0.2, 0.25) is 0 Å². The number of ether oxygens (including phenoxy) is 1. The summed E-state index contributed by atoms with van der Waals surface area (Å²) in [5.41, 5.74) is 8.17. The molecule has 34 heavy (non-hydrogen) atoms. The molecule has 1 aromatic carbocycles. The van der Waals surface area contributed by atoms with E-state index in [9.17, 15) is 24.9 Å². The Kier molecular flexibility index (Phi) is 11.1. The molecule has 0 spiro atoms. The Labute approximate surface area is 201 Å². The molecule has 2 atom stereocenters. The van der Waals surface area contributed by atoms with E-state index in [-0.39, 0.29) is 31.1 Å². The number of phenolic OH excluding ortho intramolecular Hbond substituents is 1. The molecule has 8 nitrogen and oxygen atoms in total. The molecular formula is C26H38N2O6. The third-order valence-electron chi connectivity index (χ3n) is 6.10. The van der Waals surface area contributed by atoms with Gasteiger partial charge in [0.25, 0.3) is 0 Å². The summed E-state index contributed by atoms with van der Waals surface area (Å²) in [5.74, 6) is 0.0301. The number of aromatic hydroxyl groups is 1. The maximum Gasteiger partial charge on any atom is 0.170 e. The van der Waals surface area contributed by atoms with Gasteiger partial charge in [0.15, 0.2) is 29.2 Å².